The van der Waals surface area contributed by atoms with E-state index in [1.54, 1.807) is 11.8 Å². The first-order valence-electron chi connectivity index (χ1n) is 18.9. The Morgan fingerprint density at radius 3 is 1.32 bits per heavy atom. The fraction of sp³-hybridized carbons (Fsp3) is 0.159. The van der Waals surface area contributed by atoms with Crippen molar-refractivity contribution < 1.29 is 74.2 Å². The van der Waals surface area contributed by atoms with Crippen LogP contribution < -0.4 is 9.47 Å². The number of sulfone groups is 3. The monoisotopic (exact) mass is 1020 g/mol. The summed E-state index contributed by atoms with van der Waals surface area (Å²) in [5.74, 6) is 1.81. The van der Waals surface area contributed by atoms with Gasteiger partial charge in [0.25, 0.3) is 0 Å². The fourth-order valence-corrected chi connectivity index (χ4v) is 14.6. The zero-order chi connectivity index (χ0) is 48.7. The average molecular weight is 1020 g/mol. The summed E-state index contributed by atoms with van der Waals surface area (Å²) in [6.45, 7) is 5.29. The van der Waals surface area contributed by atoms with Crippen molar-refractivity contribution >= 4 is 52.2 Å². The van der Waals surface area contributed by atoms with Gasteiger partial charge in [-0.3, -0.25) is 25.3 Å². The lowest BCUT2D eigenvalue weighted by atomic mass is 10.0. The van der Waals surface area contributed by atoms with Crippen LogP contribution in [-0.4, -0.2) is 55.0 Å². The molecular formula is C44H35F9O8S5. The normalized spacial score (nSPS) is 13.1. The first-order chi connectivity index (χ1) is 30.8. The molecular weight excluding hydrogens is 988 g/mol. The van der Waals surface area contributed by atoms with Gasteiger partial charge in [-0.15, -0.1) is 0 Å². The van der Waals surface area contributed by atoms with E-state index in [0.717, 1.165) is 27.5 Å². The Morgan fingerprint density at radius 1 is 0.470 bits per heavy atom. The highest BCUT2D eigenvalue weighted by molar-refractivity contribution is 8.29. The van der Waals surface area contributed by atoms with Gasteiger partial charge in [0.05, 0.1) is 32.9 Å². The molecule has 1 unspecified atom stereocenters. The van der Waals surface area contributed by atoms with Crippen molar-refractivity contribution in [3.63, 3.8) is 0 Å². The molecule has 6 aromatic rings. The lowest BCUT2D eigenvalue weighted by molar-refractivity contribution is -0.0471. The summed E-state index contributed by atoms with van der Waals surface area (Å²) in [5.41, 5.74) is -16.5. The third-order valence-electron chi connectivity index (χ3n) is 8.76. The smallest absolute Gasteiger partial charge is 0.470 e. The first-order valence-corrected chi connectivity index (χ1v) is 25.4. The van der Waals surface area contributed by atoms with Crippen LogP contribution in [-0.2, 0) is 40.4 Å². The molecule has 0 aliphatic heterocycles. The van der Waals surface area contributed by atoms with Gasteiger partial charge >= 0.3 is 16.5 Å². The second kappa shape index (κ2) is 20.8. The van der Waals surface area contributed by atoms with E-state index in [0.29, 0.717) is 13.2 Å². The minimum Gasteiger partial charge on any atom is -0.493 e. The van der Waals surface area contributed by atoms with E-state index < -0.39 is 50.0 Å². The number of ether oxygens (including phenoxy) is 2. The Hall–Kier alpha value is -5.16. The predicted molar refractivity (Wildman–Crippen MR) is 233 cm³/mol. The molecule has 0 radical (unpaired) electrons. The Labute approximate surface area is 381 Å². The molecule has 66 heavy (non-hydrogen) atoms. The maximum Gasteiger partial charge on any atom is 0.470 e. The van der Waals surface area contributed by atoms with Gasteiger partial charge in [0.15, 0.2) is 44.2 Å². The molecule has 0 amide bonds. The molecule has 0 saturated carbocycles. The maximum absolute atomic E-state index is 12.0. The van der Waals surface area contributed by atoms with E-state index >= 15 is 0 Å². The number of hydrogen-bond acceptors (Lipinski definition) is 9. The molecule has 0 aliphatic carbocycles. The molecule has 1 atom stereocenters. The molecule has 0 N–H and O–H groups in total. The zero-order valence-corrected chi connectivity index (χ0v) is 38.1. The van der Waals surface area contributed by atoms with Crippen LogP contribution in [0.25, 0.3) is 22.3 Å². The fourth-order valence-electron chi connectivity index (χ4n) is 5.88. The highest BCUT2D eigenvalue weighted by Crippen LogP contribution is 2.48. The summed E-state index contributed by atoms with van der Waals surface area (Å²) in [6, 6.07) is 53.8. The Balaban J connectivity index is 0.000000316. The van der Waals surface area contributed by atoms with Crippen molar-refractivity contribution in [2.45, 2.75) is 54.8 Å². The minimum atomic E-state index is -8.02. The quantitative estimate of drug-likeness (QED) is 0.0596. The van der Waals surface area contributed by atoms with Crippen molar-refractivity contribution in [3.05, 3.63) is 156 Å². The van der Waals surface area contributed by atoms with Crippen molar-refractivity contribution in [2.24, 2.45) is 0 Å². The summed E-state index contributed by atoms with van der Waals surface area (Å²) in [5, 5.41) is 0. The molecule has 0 aliphatic rings. The van der Waals surface area contributed by atoms with Gasteiger partial charge in [0.1, 0.15) is 11.5 Å². The van der Waals surface area contributed by atoms with E-state index in [9.17, 15) is 64.8 Å². The van der Waals surface area contributed by atoms with Gasteiger partial charge in [-0.1, -0.05) is 103 Å². The number of rotatable bonds is 14. The van der Waals surface area contributed by atoms with Gasteiger partial charge in [0.2, 0.25) is 0 Å². The zero-order valence-electron chi connectivity index (χ0n) is 34.1. The molecule has 0 fully saturated rings. The Bertz CT molecular complexity index is 2810. The molecule has 0 saturated heterocycles. The van der Waals surface area contributed by atoms with E-state index in [1.807, 2.05) is 26.0 Å². The molecule has 0 spiro atoms. The minimum absolute atomic E-state index is 0.355. The third-order valence-corrected chi connectivity index (χ3v) is 19.1. The Morgan fingerprint density at radius 2 is 0.864 bits per heavy atom. The largest absolute Gasteiger partial charge is 0.493 e. The first kappa shape index (κ1) is 51.8. The molecule has 22 heteroatoms. The molecule has 6 rings (SSSR count). The molecule has 0 heterocycles. The third kappa shape index (κ3) is 11.7. The SMILES string of the molecule is CCOc1cc([S+](c2ccccc2)c2ccc(-c3ccccc3)c(OCC)c2)ccc1Sc1ccc(-c2ccccc2)cc1.O=S(=O)([C-](S(=O)(=O)C(F)(F)F)S(=O)(=O)C(F)(F)F)C(F)(F)F. The lowest BCUT2D eigenvalue weighted by Gasteiger charge is -2.31. The van der Waals surface area contributed by atoms with Crippen LogP contribution >= 0.6 is 11.8 Å². The summed E-state index contributed by atoms with van der Waals surface area (Å²) in [4.78, 5) is 5.95. The summed E-state index contributed by atoms with van der Waals surface area (Å²) >= 11 is 1.74. The number of alkyl halides is 9. The topological polar surface area (TPSA) is 121 Å². The number of benzene rings is 6. The van der Waals surface area contributed by atoms with Crippen molar-refractivity contribution in [2.75, 3.05) is 13.2 Å². The van der Waals surface area contributed by atoms with Gasteiger partial charge < -0.3 is 9.47 Å². The van der Waals surface area contributed by atoms with Crippen molar-refractivity contribution in [1.82, 2.24) is 0 Å². The molecule has 0 bridgehead atoms. The maximum atomic E-state index is 12.0. The van der Waals surface area contributed by atoms with Crippen LogP contribution in [0.2, 0.25) is 0 Å². The van der Waals surface area contributed by atoms with Crippen molar-refractivity contribution in [1.29, 1.82) is 0 Å². The van der Waals surface area contributed by atoms with E-state index in [4.69, 9.17) is 9.47 Å². The van der Waals surface area contributed by atoms with Gasteiger partial charge in [-0.05, 0) is 79.1 Å². The van der Waals surface area contributed by atoms with E-state index in [-0.39, 0.29) is 10.9 Å². The molecule has 352 valence electrons. The second-order valence-electron chi connectivity index (χ2n) is 13.2. The highest BCUT2D eigenvalue weighted by Gasteiger charge is 2.63. The summed E-state index contributed by atoms with van der Waals surface area (Å²) < 4.78 is 180. The van der Waals surface area contributed by atoms with Crippen molar-refractivity contribution in [3.8, 4) is 33.8 Å². The standard InChI is InChI=1S/C40H35O2S2.C4F9O6S3/c1-3-41-38-28-35(24-26-37(38)32-16-10-6-11-17-32)44(34-18-12-7-13-19-34)36-25-27-40(39(29-36)42-4-2)43-33-22-20-31(21-23-33)30-14-8-5-9-15-30;5-2(6,7)20(14,15)1(21(16,17)3(8,9)10)22(18,19)4(11,12)13/h5-29H,3-4H2,1-2H3;/q+1;-1. The predicted octanol–water partition coefficient (Wildman–Crippen LogP) is 12.3. The molecule has 0 aromatic heterocycles. The van der Waals surface area contributed by atoms with Gasteiger partial charge in [-0.2, -0.15) is 39.5 Å². The van der Waals surface area contributed by atoms with Gasteiger partial charge in [0, 0.05) is 22.6 Å². The Kier molecular flexibility index (Phi) is 16.3. The van der Waals surface area contributed by atoms with E-state index in [1.165, 1.54) is 30.7 Å². The average Bonchev–Trinajstić information content (AvgIpc) is 3.25. The second-order valence-corrected chi connectivity index (χ2v) is 22.8. The van der Waals surface area contributed by atoms with Crippen LogP contribution in [0.5, 0.6) is 11.5 Å². The van der Waals surface area contributed by atoms with Crippen LogP contribution in [0, 0.1) is 3.91 Å². The van der Waals surface area contributed by atoms with Crippen LogP contribution in [0.4, 0.5) is 39.5 Å². The lowest BCUT2D eigenvalue weighted by Crippen LogP contribution is -2.47. The number of hydrogen-bond donors (Lipinski definition) is 0. The highest BCUT2D eigenvalue weighted by atomic mass is 32.3. The summed E-state index contributed by atoms with van der Waals surface area (Å²) in [6.07, 6.45) is 0. The molecule has 8 nitrogen and oxygen atoms in total. The summed E-state index contributed by atoms with van der Waals surface area (Å²) in [7, 11) is -24.4. The van der Waals surface area contributed by atoms with Crippen LogP contribution in [0.3, 0.4) is 0 Å². The molecule has 6 aromatic carbocycles. The van der Waals surface area contributed by atoms with Crippen LogP contribution in [0.1, 0.15) is 13.8 Å². The number of halogens is 9. The van der Waals surface area contributed by atoms with Crippen LogP contribution in [0.15, 0.2) is 176 Å². The van der Waals surface area contributed by atoms with Gasteiger partial charge in [-0.25, -0.2) is 0 Å². The van der Waals surface area contributed by atoms with E-state index in [2.05, 4.69) is 140 Å².